The van der Waals surface area contributed by atoms with Crippen molar-refractivity contribution in [2.45, 2.75) is 0 Å². The largest absolute Gasteiger partial charge is 0.494 e. The second kappa shape index (κ2) is 8.71. The van der Waals surface area contributed by atoms with Gasteiger partial charge in [-0.15, -0.1) is 10.2 Å². The molecular weight excluding hydrogens is 412 g/mol. The monoisotopic (exact) mass is 434 g/mol. The number of aromatic nitrogens is 7. The molecule has 164 valence electrons. The fourth-order valence-corrected chi connectivity index (χ4v) is 3.12. The van der Waals surface area contributed by atoms with Crippen LogP contribution in [0.4, 0.5) is 23.0 Å². The van der Waals surface area contributed by atoms with Gasteiger partial charge in [0.15, 0.2) is 23.1 Å². The quantitative estimate of drug-likeness (QED) is 0.398. The molecule has 0 fully saturated rings. The van der Waals surface area contributed by atoms with E-state index < -0.39 is 0 Å². The highest BCUT2D eigenvalue weighted by molar-refractivity contribution is 5.99. The van der Waals surface area contributed by atoms with Crippen molar-refractivity contribution in [3.63, 3.8) is 0 Å². The third kappa shape index (κ3) is 4.19. The SMILES string of the molecule is CNC(=O)c1nnc(Nc2ccn(C)n2)cc1Nc1cccc(-c2cnn(C)n2)c1OC. The molecule has 3 aromatic heterocycles. The zero-order valence-corrected chi connectivity index (χ0v) is 18.0. The van der Waals surface area contributed by atoms with Gasteiger partial charge >= 0.3 is 0 Å². The number of hydrogen-bond acceptors (Lipinski definition) is 9. The molecule has 12 heteroatoms. The Hall–Kier alpha value is -4.48. The normalized spacial score (nSPS) is 10.6. The van der Waals surface area contributed by atoms with E-state index in [4.69, 9.17) is 4.74 Å². The fourth-order valence-electron chi connectivity index (χ4n) is 3.12. The lowest BCUT2D eigenvalue weighted by atomic mass is 10.1. The smallest absolute Gasteiger partial charge is 0.273 e. The van der Waals surface area contributed by atoms with Crippen LogP contribution >= 0.6 is 0 Å². The number of nitrogens with one attached hydrogen (secondary N) is 3. The summed E-state index contributed by atoms with van der Waals surface area (Å²) in [6.45, 7) is 0. The number of carbonyl (C=O) groups excluding carboxylic acids is 1. The topological polar surface area (TPSA) is 137 Å². The Labute approximate surface area is 183 Å². The van der Waals surface area contributed by atoms with Gasteiger partial charge in [0.05, 0.1) is 24.7 Å². The van der Waals surface area contributed by atoms with Crippen LogP contribution < -0.4 is 20.7 Å². The van der Waals surface area contributed by atoms with Crippen LogP contribution in [-0.4, -0.2) is 55.0 Å². The molecule has 12 nitrogen and oxygen atoms in total. The van der Waals surface area contributed by atoms with Gasteiger partial charge in [-0.1, -0.05) is 6.07 Å². The highest BCUT2D eigenvalue weighted by atomic mass is 16.5. The van der Waals surface area contributed by atoms with Crippen LogP contribution in [0.1, 0.15) is 10.5 Å². The maximum absolute atomic E-state index is 12.4. The molecule has 3 heterocycles. The number of ether oxygens (including phenoxy) is 1. The molecule has 0 atom stereocenters. The molecule has 32 heavy (non-hydrogen) atoms. The molecule has 4 aromatic rings. The Morgan fingerprint density at radius 3 is 2.53 bits per heavy atom. The second-order valence-corrected chi connectivity index (χ2v) is 6.80. The molecule has 0 aliphatic carbocycles. The minimum absolute atomic E-state index is 0.131. The number of methoxy groups -OCH3 is 1. The number of anilines is 4. The first-order valence-electron chi connectivity index (χ1n) is 9.65. The molecule has 0 aliphatic rings. The molecule has 4 rings (SSSR count). The van der Waals surface area contributed by atoms with Crippen LogP contribution in [0.25, 0.3) is 11.3 Å². The van der Waals surface area contributed by atoms with E-state index in [9.17, 15) is 4.79 Å². The lowest BCUT2D eigenvalue weighted by Crippen LogP contribution is -2.21. The Morgan fingerprint density at radius 1 is 1.03 bits per heavy atom. The highest BCUT2D eigenvalue weighted by Crippen LogP contribution is 2.37. The summed E-state index contributed by atoms with van der Waals surface area (Å²) < 4.78 is 7.33. The van der Waals surface area contributed by atoms with Gasteiger partial charge in [-0.05, 0) is 12.1 Å². The first-order chi connectivity index (χ1) is 15.5. The molecule has 0 bridgehead atoms. The van der Waals surface area contributed by atoms with Crippen molar-refractivity contribution in [2.24, 2.45) is 14.1 Å². The van der Waals surface area contributed by atoms with E-state index in [0.29, 0.717) is 34.5 Å². The van der Waals surface area contributed by atoms with Crippen molar-refractivity contribution in [1.29, 1.82) is 0 Å². The molecule has 1 amide bonds. The van der Waals surface area contributed by atoms with Gasteiger partial charge in [-0.3, -0.25) is 9.48 Å². The predicted octanol–water partition coefficient (Wildman–Crippen LogP) is 1.86. The maximum Gasteiger partial charge on any atom is 0.273 e. The number of aryl methyl sites for hydroxylation is 2. The number of carbonyl (C=O) groups is 1. The van der Waals surface area contributed by atoms with Gasteiger partial charge in [0.1, 0.15) is 5.69 Å². The minimum atomic E-state index is -0.381. The first kappa shape index (κ1) is 20.8. The molecule has 3 N–H and O–H groups in total. The zero-order valence-electron chi connectivity index (χ0n) is 18.0. The van der Waals surface area contributed by atoms with Crippen molar-refractivity contribution in [1.82, 2.24) is 40.3 Å². The van der Waals surface area contributed by atoms with E-state index in [0.717, 1.165) is 5.56 Å². The number of nitrogens with zero attached hydrogens (tertiary/aromatic N) is 7. The summed E-state index contributed by atoms with van der Waals surface area (Å²) in [7, 11) is 6.66. The van der Waals surface area contributed by atoms with Gasteiger partial charge in [0.25, 0.3) is 5.91 Å². The van der Waals surface area contributed by atoms with Crippen LogP contribution in [0.2, 0.25) is 0 Å². The Balaban J connectivity index is 1.73. The highest BCUT2D eigenvalue weighted by Gasteiger charge is 2.19. The van der Waals surface area contributed by atoms with E-state index in [1.54, 1.807) is 43.4 Å². The van der Waals surface area contributed by atoms with Crippen molar-refractivity contribution in [3.8, 4) is 17.0 Å². The molecular formula is C20H22N10O2. The fraction of sp³-hybridized carbons (Fsp3) is 0.200. The van der Waals surface area contributed by atoms with E-state index >= 15 is 0 Å². The zero-order chi connectivity index (χ0) is 22.7. The number of benzene rings is 1. The van der Waals surface area contributed by atoms with Crippen molar-refractivity contribution in [3.05, 3.63) is 48.4 Å². The lowest BCUT2D eigenvalue weighted by Gasteiger charge is -2.16. The van der Waals surface area contributed by atoms with Gasteiger partial charge in [0.2, 0.25) is 0 Å². The predicted molar refractivity (Wildman–Crippen MR) is 118 cm³/mol. The number of amides is 1. The molecule has 0 saturated heterocycles. The van der Waals surface area contributed by atoms with E-state index in [-0.39, 0.29) is 11.6 Å². The summed E-state index contributed by atoms with van der Waals surface area (Å²) in [4.78, 5) is 13.9. The summed E-state index contributed by atoms with van der Waals surface area (Å²) in [6, 6.07) is 9.05. The molecule has 0 spiro atoms. The van der Waals surface area contributed by atoms with Crippen LogP contribution in [0.15, 0.2) is 42.7 Å². The lowest BCUT2D eigenvalue weighted by molar-refractivity contribution is 0.0958. The minimum Gasteiger partial charge on any atom is -0.494 e. The van der Waals surface area contributed by atoms with Crippen molar-refractivity contribution in [2.75, 3.05) is 24.8 Å². The molecule has 0 unspecified atom stereocenters. The third-order valence-electron chi connectivity index (χ3n) is 4.57. The molecule has 0 saturated carbocycles. The summed E-state index contributed by atoms with van der Waals surface area (Å²) in [5.74, 6) is 1.19. The summed E-state index contributed by atoms with van der Waals surface area (Å²) in [5.41, 5.74) is 2.60. The van der Waals surface area contributed by atoms with Gasteiger partial charge in [0, 0.05) is 45.0 Å². The Kier molecular flexibility index (Phi) is 5.66. The van der Waals surface area contributed by atoms with Gasteiger partial charge in [-0.25, -0.2) is 0 Å². The summed E-state index contributed by atoms with van der Waals surface area (Å²) >= 11 is 0. The van der Waals surface area contributed by atoms with Crippen LogP contribution in [0.5, 0.6) is 5.75 Å². The second-order valence-electron chi connectivity index (χ2n) is 6.80. The molecule has 1 aromatic carbocycles. The third-order valence-corrected chi connectivity index (χ3v) is 4.57. The number of hydrogen-bond donors (Lipinski definition) is 3. The number of rotatable bonds is 7. The van der Waals surface area contributed by atoms with Crippen molar-refractivity contribution < 1.29 is 9.53 Å². The van der Waals surface area contributed by atoms with Crippen LogP contribution in [-0.2, 0) is 14.1 Å². The average Bonchev–Trinajstić information content (AvgIpc) is 3.41. The Bertz CT molecular complexity index is 1260. The number of para-hydroxylation sites is 1. The standard InChI is InChI=1S/C20H22N10O2/c1-21-20(31)18-14(10-17(25-26-18)24-16-8-9-29(2)28-16)23-13-7-5-6-12(19(13)32-4)15-11-22-30(3)27-15/h5-11H,1-4H3,(H,21,31)(H2,23,24,25,28). The van der Waals surface area contributed by atoms with E-state index in [2.05, 4.69) is 41.4 Å². The van der Waals surface area contributed by atoms with Gasteiger partial charge in [-0.2, -0.15) is 20.1 Å². The van der Waals surface area contributed by atoms with E-state index in [1.165, 1.54) is 11.8 Å². The summed E-state index contributed by atoms with van der Waals surface area (Å²) in [5, 5.41) is 29.9. The maximum atomic E-state index is 12.4. The average molecular weight is 434 g/mol. The Morgan fingerprint density at radius 2 is 1.88 bits per heavy atom. The van der Waals surface area contributed by atoms with E-state index in [1.807, 2.05) is 25.2 Å². The van der Waals surface area contributed by atoms with Crippen molar-refractivity contribution >= 4 is 28.9 Å². The summed E-state index contributed by atoms with van der Waals surface area (Å²) in [6.07, 6.45) is 3.46. The first-order valence-corrected chi connectivity index (χ1v) is 9.65. The molecule has 0 radical (unpaired) electrons. The van der Waals surface area contributed by atoms with Gasteiger partial charge < -0.3 is 20.7 Å². The molecule has 0 aliphatic heterocycles. The van der Waals surface area contributed by atoms with Crippen LogP contribution in [0.3, 0.4) is 0 Å². The van der Waals surface area contributed by atoms with Crippen LogP contribution in [0, 0.1) is 0 Å².